The van der Waals surface area contributed by atoms with Crippen molar-refractivity contribution in [3.8, 4) is 10.7 Å². The number of aromatic nitrogens is 4. The lowest BCUT2D eigenvalue weighted by atomic mass is 10.1. The van der Waals surface area contributed by atoms with E-state index in [0.29, 0.717) is 6.04 Å². The first-order valence-corrected chi connectivity index (χ1v) is 9.21. The molecule has 0 saturated carbocycles. The lowest BCUT2D eigenvalue weighted by Crippen LogP contribution is -2.30. The van der Waals surface area contributed by atoms with E-state index in [9.17, 15) is 0 Å². The van der Waals surface area contributed by atoms with E-state index < -0.39 is 0 Å². The van der Waals surface area contributed by atoms with E-state index in [1.165, 1.54) is 16.8 Å². The van der Waals surface area contributed by atoms with Crippen LogP contribution in [0, 0.1) is 0 Å². The van der Waals surface area contributed by atoms with Crippen LogP contribution in [-0.4, -0.2) is 31.2 Å². The van der Waals surface area contributed by atoms with Crippen molar-refractivity contribution in [2.24, 2.45) is 0 Å². The Hall–Kier alpha value is -2.05. The van der Waals surface area contributed by atoms with Crippen LogP contribution in [0.5, 0.6) is 0 Å². The Labute approximate surface area is 146 Å². The van der Waals surface area contributed by atoms with Crippen LogP contribution in [0.25, 0.3) is 10.7 Å². The average molecular weight is 339 g/mol. The minimum absolute atomic E-state index is 0.407. The highest BCUT2D eigenvalue weighted by Crippen LogP contribution is 2.24. The molecule has 24 heavy (non-hydrogen) atoms. The number of hydrogen-bond acceptors (Lipinski definition) is 5. The van der Waals surface area contributed by atoms with Crippen molar-refractivity contribution < 1.29 is 0 Å². The van der Waals surface area contributed by atoms with Crippen LogP contribution in [-0.2, 0) is 19.5 Å². The summed E-state index contributed by atoms with van der Waals surface area (Å²) in [6.45, 7) is 7.17. The predicted octanol–water partition coefficient (Wildman–Crippen LogP) is 3.54. The minimum atomic E-state index is 0.407. The molecule has 0 unspecified atom stereocenters. The maximum Gasteiger partial charge on any atom is 0.169 e. The quantitative estimate of drug-likeness (QED) is 0.729. The minimum Gasteiger partial charge on any atom is -0.294 e. The Kier molecular flexibility index (Phi) is 4.16. The normalized spacial score (nSPS) is 15.0. The highest BCUT2D eigenvalue weighted by molar-refractivity contribution is 7.13. The molecule has 0 atom stereocenters. The lowest BCUT2D eigenvalue weighted by Gasteiger charge is -2.27. The molecule has 0 radical (unpaired) electrons. The third-order valence-corrected chi connectivity index (χ3v) is 5.21. The Bertz CT molecular complexity index is 822. The second-order valence-electron chi connectivity index (χ2n) is 6.53. The first kappa shape index (κ1) is 15.5. The topological polar surface area (TPSA) is 46.8 Å². The van der Waals surface area contributed by atoms with Gasteiger partial charge in [-0.05, 0) is 25.3 Å². The van der Waals surface area contributed by atoms with E-state index >= 15 is 0 Å². The van der Waals surface area contributed by atoms with Gasteiger partial charge in [-0.15, -0.1) is 11.3 Å². The number of nitrogens with zero attached hydrogens (tertiary/aromatic N) is 5. The average Bonchev–Trinajstić information content (AvgIpc) is 3.26. The van der Waals surface area contributed by atoms with Crippen molar-refractivity contribution in [2.75, 3.05) is 6.54 Å². The molecule has 0 fully saturated rings. The third-order valence-electron chi connectivity index (χ3n) is 4.34. The number of thiophene rings is 1. The standard InChI is InChI=1S/C18H21N5S/c1-13(2)23-11-14(8-20-23)10-22-6-5-16-15(12-22)9-19-18(21-16)17-4-3-7-24-17/h3-4,7-9,11,13H,5-6,10,12H2,1-2H3. The molecule has 3 aromatic rings. The molecule has 0 aliphatic carbocycles. The number of hydrogen-bond donors (Lipinski definition) is 0. The summed E-state index contributed by atoms with van der Waals surface area (Å²) in [6.07, 6.45) is 7.11. The molecule has 0 spiro atoms. The van der Waals surface area contributed by atoms with Gasteiger partial charge in [-0.1, -0.05) is 6.07 Å². The van der Waals surface area contributed by atoms with E-state index in [2.05, 4.69) is 46.5 Å². The van der Waals surface area contributed by atoms with E-state index in [-0.39, 0.29) is 0 Å². The first-order valence-electron chi connectivity index (χ1n) is 8.33. The van der Waals surface area contributed by atoms with Crippen LogP contribution in [0.1, 0.15) is 36.7 Å². The lowest BCUT2D eigenvalue weighted by molar-refractivity contribution is 0.243. The summed E-state index contributed by atoms with van der Waals surface area (Å²) in [5, 5.41) is 6.50. The molecule has 1 aliphatic rings. The molecule has 124 valence electrons. The van der Waals surface area contributed by atoms with Crippen LogP contribution in [0.2, 0.25) is 0 Å². The van der Waals surface area contributed by atoms with Gasteiger partial charge < -0.3 is 0 Å². The first-order chi connectivity index (χ1) is 11.7. The van der Waals surface area contributed by atoms with E-state index in [0.717, 1.165) is 36.8 Å². The Morgan fingerprint density at radius 2 is 2.21 bits per heavy atom. The van der Waals surface area contributed by atoms with Gasteiger partial charge in [0.1, 0.15) is 0 Å². The molecule has 1 aliphatic heterocycles. The summed E-state index contributed by atoms with van der Waals surface area (Å²) in [6, 6.07) is 4.53. The van der Waals surface area contributed by atoms with Crippen molar-refractivity contribution in [1.29, 1.82) is 0 Å². The van der Waals surface area contributed by atoms with E-state index in [1.807, 2.05) is 23.1 Å². The van der Waals surface area contributed by atoms with Crippen LogP contribution in [0.3, 0.4) is 0 Å². The molecule has 0 aromatic carbocycles. The molecule has 0 amide bonds. The summed E-state index contributed by atoms with van der Waals surface area (Å²) < 4.78 is 2.02. The monoisotopic (exact) mass is 339 g/mol. The highest BCUT2D eigenvalue weighted by atomic mass is 32.1. The van der Waals surface area contributed by atoms with Crippen LogP contribution < -0.4 is 0 Å². The highest BCUT2D eigenvalue weighted by Gasteiger charge is 2.19. The zero-order valence-electron chi connectivity index (χ0n) is 14.0. The van der Waals surface area contributed by atoms with Gasteiger partial charge in [0.15, 0.2) is 5.82 Å². The summed E-state index contributed by atoms with van der Waals surface area (Å²) in [7, 11) is 0. The molecule has 0 saturated heterocycles. The number of rotatable bonds is 4. The molecule has 5 nitrogen and oxygen atoms in total. The van der Waals surface area contributed by atoms with Gasteiger partial charge in [-0.3, -0.25) is 9.58 Å². The summed E-state index contributed by atoms with van der Waals surface area (Å²) >= 11 is 1.69. The predicted molar refractivity (Wildman–Crippen MR) is 95.8 cm³/mol. The molecule has 4 rings (SSSR count). The maximum absolute atomic E-state index is 4.78. The molecule has 0 N–H and O–H groups in total. The summed E-state index contributed by atoms with van der Waals surface area (Å²) in [4.78, 5) is 12.9. The van der Waals surface area contributed by atoms with Crippen molar-refractivity contribution in [2.45, 2.75) is 39.4 Å². The summed E-state index contributed by atoms with van der Waals surface area (Å²) in [5.74, 6) is 0.857. The Balaban J connectivity index is 1.47. The Morgan fingerprint density at radius 1 is 1.29 bits per heavy atom. The molecule has 6 heteroatoms. The van der Waals surface area contributed by atoms with Gasteiger partial charge >= 0.3 is 0 Å². The van der Waals surface area contributed by atoms with E-state index in [4.69, 9.17) is 4.98 Å². The Morgan fingerprint density at radius 3 is 2.96 bits per heavy atom. The largest absolute Gasteiger partial charge is 0.294 e. The zero-order valence-corrected chi connectivity index (χ0v) is 14.8. The number of fused-ring (bicyclic) bond motifs is 1. The molecule has 3 aromatic heterocycles. The van der Waals surface area contributed by atoms with Gasteiger partial charge in [0.2, 0.25) is 0 Å². The second-order valence-corrected chi connectivity index (χ2v) is 7.47. The van der Waals surface area contributed by atoms with Gasteiger partial charge in [-0.25, -0.2) is 9.97 Å². The van der Waals surface area contributed by atoms with Gasteiger partial charge in [0.25, 0.3) is 0 Å². The van der Waals surface area contributed by atoms with Gasteiger partial charge in [-0.2, -0.15) is 5.10 Å². The smallest absolute Gasteiger partial charge is 0.169 e. The fraction of sp³-hybridized carbons (Fsp3) is 0.389. The van der Waals surface area contributed by atoms with Crippen molar-refractivity contribution in [3.63, 3.8) is 0 Å². The summed E-state index contributed by atoms with van der Waals surface area (Å²) in [5.41, 5.74) is 3.71. The van der Waals surface area contributed by atoms with Crippen molar-refractivity contribution in [1.82, 2.24) is 24.6 Å². The van der Waals surface area contributed by atoms with Gasteiger partial charge in [0.05, 0.1) is 16.8 Å². The van der Waals surface area contributed by atoms with Crippen LogP contribution >= 0.6 is 11.3 Å². The second kappa shape index (κ2) is 6.45. The SMILES string of the molecule is CC(C)n1cc(CN2CCc3nc(-c4cccs4)ncc3C2)cn1. The third kappa shape index (κ3) is 3.12. The van der Waals surface area contributed by atoms with Crippen molar-refractivity contribution >= 4 is 11.3 Å². The van der Waals surface area contributed by atoms with Crippen LogP contribution in [0.15, 0.2) is 36.1 Å². The zero-order chi connectivity index (χ0) is 16.5. The van der Waals surface area contributed by atoms with Gasteiger partial charge in [0, 0.05) is 55.6 Å². The molecule has 0 bridgehead atoms. The van der Waals surface area contributed by atoms with E-state index in [1.54, 1.807) is 11.3 Å². The molecular formula is C18H21N5S. The fourth-order valence-corrected chi connectivity index (χ4v) is 3.70. The van der Waals surface area contributed by atoms with Crippen LogP contribution in [0.4, 0.5) is 0 Å². The van der Waals surface area contributed by atoms with Crippen molar-refractivity contribution in [3.05, 3.63) is 52.9 Å². The molecule has 4 heterocycles. The fourth-order valence-electron chi connectivity index (χ4n) is 3.03. The maximum atomic E-state index is 4.78. The molecular weight excluding hydrogens is 318 g/mol.